The predicted octanol–water partition coefficient (Wildman–Crippen LogP) is 4.36. The maximum absolute atomic E-state index is 12.7. The van der Waals surface area contributed by atoms with Crippen molar-refractivity contribution in [3.05, 3.63) is 59.7 Å². The SMILES string of the molecule is Cc1noc(C)c1CCC(=O)N1CCC(C(=O)Nc2cccc(-c3ccco3)c2)CC1. The number of aromatic nitrogens is 1. The van der Waals surface area contributed by atoms with Crippen LogP contribution in [0.25, 0.3) is 11.3 Å². The van der Waals surface area contributed by atoms with Crippen molar-refractivity contribution in [2.24, 2.45) is 5.92 Å². The minimum atomic E-state index is -0.0983. The molecule has 1 saturated heterocycles. The predicted molar refractivity (Wildman–Crippen MR) is 116 cm³/mol. The molecule has 1 aliphatic rings. The van der Waals surface area contributed by atoms with Crippen LogP contribution in [0.5, 0.6) is 0 Å². The van der Waals surface area contributed by atoms with Crippen LogP contribution in [-0.2, 0) is 16.0 Å². The van der Waals surface area contributed by atoms with Gasteiger partial charge in [0.1, 0.15) is 11.5 Å². The lowest BCUT2D eigenvalue weighted by atomic mass is 9.95. The molecule has 31 heavy (non-hydrogen) atoms. The molecule has 3 heterocycles. The van der Waals surface area contributed by atoms with Gasteiger partial charge in [-0.1, -0.05) is 17.3 Å². The molecule has 2 aromatic heterocycles. The highest BCUT2D eigenvalue weighted by Gasteiger charge is 2.27. The van der Waals surface area contributed by atoms with Crippen molar-refractivity contribution >= 4 is 17.5 Å². The standard InChI is InChI=1S/C24H27N3O4/c1-16-21(17(2)31-26-16)8-9-23(28)27-12-10-18(11-13-27)24(29)25-20-6-3-5-19(15-20)22-7-4-14-30-22/h3-7,14-15,18H,8-13H2,1-2H3,(H,25,29). The van der Waals surface area contributed by atoms with Crippen LogP contribution in [0.1, 0.15) is 36.3 Å². The van der Waals surface area contributed by atoms with Gasteiger partial charge >= 0.3 is 0 Å². The molecule has 0 aliphatic carbocycles. The Labute approximate surface area is 181 Å². The van der Waals surface area contributed by atoms with E-state index in [9.17, 15) is 9.59 Å². The number of nitrogens with one attached hydrogen (secondary N) is 1. The number of carbonyl (C=O) groups excluding carboxylic acids is 2. The number of nitrogens with zero attached hydrogens (tertiary/aromatic N) is 2. The minimum Gasteiger partial charge on any atom is -0.464 e. The largest absolute Gasteiger partial charge is 0.464 e. The van der Waals surface area contributed by atoms with Crippen LogP contribution in [0.4, 0.5) is 5.69 Å². The second-order valence-corrected chi connectivity index (χ2v) is 8.01. The zero-order valence-corrected chi connectivity index (χ0v) is 17.9. The zero-order valence-electron chi connectivity index (χ0n) is 17.9. The van der Waals surface area contributed by atoms with Gasteiger partial charge in [0.2, 0.25) is 11.8 Å². The topological polar surface area (TPSA) is 88.6 Å². The van der Waals surface area contributed by atoms with E-state index in [1.165, 1.54) is 0 Å². The molecule has 1 aromatic carbocycles. The van der Waals surface area contributed by atoms with E-state index >= 15 is 0 Å². The van der Waals surface area contributed by atoms with Gasteiger partial charge in [-0.15, -0.1) is 0 Å². The van der Waals surface area contributed by atoms with Gasteiger partial charge in [0.05, 0.1) is 12.0 Å². The fraction of sp³-hybridized carbons (Fsp3) is 0.375. The molecular weight excluding hydrogens is 394 g/mol. The van der Waals surface area contributed by atoms with Gasteiger partial charge in [-0.25, -0.2) is 0 Å². The maximum atomic E-state index is 12.7. The zero-order chi connectivity index (χ0) is 21.8. The molecule has 1 aliphatic heterocycles. The highest BCUT2D eigenvalue weighted by molar-refractivity contribution is 5.93. The molecule has 0 spiro atoms. The van der Waals surface area contributed by atoms with Gasteiger partial charge < -0.3 is 19.2 Å². The molecule has 2 amide bonds. The van der Waals surface area contributed by atoms with E-state index < -0.39 is 0 Å². The van der Waals surface area contributed by atoms with Crippen molar-refractivity contribution < 1.29 is 18.5 Å². The average molecular weight is 421 g/mol. The van der Waals surface area contributed by atoms with E-state index in [1.54, 1.807) is 6.26 Å². The van der Waals surface area contributed by atoms with Crippen molar-refractivity contribution in [1.29, 1.82) is 0 Å². The monoisotopic (exact) mass is 421 g/mol. The number of benzene rings is 1. The number of likely N-dealkylation sites (tertiary alicyclic amines) is 1. The lowest BCUT2D eigenvalue weighted by Gasteiger charge is -2.31. The number of hydrogen-bond acceptors (Lipinski definition) is 5. The Morgan fingerprint density at radius 2 is 1.97 bits per heavy atom. The second kappa shape index (κ2) is 9.20. The number of carbonyl (C=O) groups is 2. The number of anilines is 1. The van der Waals surface area contributed by atoms with Crippen LogP contribution in [0.2, 0.25) is 0 Å². The molecule has 0 unspecified atom stereocenters. The lowest BCUT2D eigenvalue weighted by Crippen LogP contribution is -2.41. The first-order valence-corrected chi connectivity index (χ1v) is 10.7. The summed E-state index contributed by atoms with van der Waals surface area (Å²) in [6.45, 7) is 4.97. The Morgan fingerprint density at radius 1 is 1.16 bits per heavy atom. The number of amides is 2. The van der Waals surface area contributed by atoms with Crippen molar-refractivity contribution in [3.8, 4) is 11.3 Å². The third-order valence-electron chi connectivity index (χ3n) is 5.92. The molecular formula is C24H27N3O4. The number of hydrogen-bond donors (Lipinski definition) is 1. The highest BCUT2D eigenvalue weighted by Crippen LogP contribution is 2.25. The average Bonchev–Trinajstić information content (AvgIpc) is 3.43. The van der Waals surface area contributed by atoms with Crippen molar-refractivity contribution in [1.82, 2.24) is 10.1 Å². The Kier molecular flexibility index (Phi) is 6.21. The Hall–Kier alpha value is -3.35. The van der Waals surface area contributed by atoms with Crippen LogP contribution in [0.3, 0.4) is 0 Å². The summed E-state index contributed by atoms with van der Waals surface area (Å²) in [5.41, 5.74) is 3.52. The molecule has 3 aromatic rings. The number of piperidine rings is 1. The van der Waals surface area contributed by atoms with Crippen LogP contribution in [0, 0.1) is 19.8 Å². The van der Waals surface area contributed by atoms with E-state index in [2.05, 4.69) is 10.5 Å². The molecule has 0 radical (unpaired) electrons. The smallest absolute Gasteiger partial charge is 0.227 e. The van der Waals surface area contributed by atoms with Crippen LogP contribution < -0.4 is 5.32 Å². The maximum Gasteiger partial charge on any atom is 0.227 e. The Morgan fingerprint density at radius 3 is 2.65 bits per heavy atom. The quantitative estimate of drug-likeness (QED) is 0.639. The van der Waals surface area contributed by atoms with E-state index in [1.807, 2.05) is 55.1 Å². The van der Waals surface area contributed by atoms with Crippen molar-refractivity contribution in [2.75, 3.05) is 18.4 Å². The normalized spacial score (nSPS) is 14.6. The summed E-state index contributed by atoms with van der Waals surface area (Å²) in [7, 11) is 0. The summed E-state index contributed by atoms with van der Waals surface area (Å²) < 4.78 is 10.6. The first-order valence-electron chi connectivity index (χ1n) is 10.7. The van der Waals surface area contributed by atoms with Crippen molar-refractivity contribution in [2.45, 2.75) is 39.5 Å². The molecule has 4 rings (SSSR count). The Bertz CT molecular complexity index is 1030. The first kappa shape index (κ1) is 20.9. The van der Waals surface area contributed by atoms with E-state index in [0.717, 1.165) is 34.0 Å². The number of aryl methyl sites for hydroxylation is 2. The molecule has 0 bridgehead atoms. The third-order valence-corrected chi connectivity index (χ3v) is 5.92. The second-order valence-electron chi connectivity index (χ2n) is 8.01. The number of rotatable bonds is 6. The van der Waals surface area contributed by atoms with Gasteiger partial charge in [0.15, 0.2) is 0 Å². The van der Waals surface area contributed by atoms with E-state index in [-0.39, 0.29) is 17.7 Å². The summed E-state index contributed by atoms with van der Waals surface area (Å²) in [6, 6.07) is 11.3. The minimum absolute atomic E-state index is 0.000542. The van der Waals surface area contributed by atoms with Gasteiger partial charge in [-0.2, -0.15) is 0 Å². The Balaban J connectivity index is 1.27. The van der Waals surface area contributed by atoms with Gasteiger partial charge in [0, 0.05) is 42.2 Å². The summed E-state index contributed by atoms with van der Waals surface area (Å²) >= 11 is 0. The van der Waals surface area contributed by atoms with Crippen molar-refractivity contribution in [3.63, 3.8) is 0 Å². The van der Waals surface area contributed by atoms with E-state index in [0.29, 0.717) is 38.8 Å². The summed E-state index contributed by atoms with van der Waals surface area (Å²) in [6.07, 6.45) is 4.03. The number of furan rings is 1. The molecule has 7 heteroatoms. The summed E-state index contributed by atoms with van der Waals surface area (Å²) in [4.78, 5) is 27.2. The van der Waals surface area contributed by atoms with Gasteiger partial charge in [0.25, 0.3) is 0 Å². The molecule has 0 saturated carbocycles. The molecule has 0 atom stereocenters. The molecule has 7 nitrogen and oxygen atoms in total. The first-order chi connectivity index (χ1) is 15.0. The third kappa shape index (κ3) is 4.87. The summed E-state index contributed by atoms with van der Waals surface area (Å²) in [5, 5.41) is 6.95. The molecule has 1 N–H and O–H groups in total. The highest BCUT2D eigenvalue weighted by atomic mass is 16.5. The molecule has 162 valence electrons. The fourth-order valence-electron chi connectivity index (χ4n) is 4.08. The van der Waals surface area contributed by atoms with Gasteiger partial charge in [-0.05, 0) is 57.4 Å². The lowest BCUT2D eigenvalue weighted by molar-refractivity contribution is -0.134. The van der Waals surface area contributed by atoms with Crippen LogP contribution >= 0.6 is 0 Å². The fourth-order valence-corrected chi connectivity index (χ4v) is 4.08. The van der Waals surface area contributed by atoms with Crippen LogP contribution in [-0.4, -0.2) is 35.0 Å². The van der Waals surface area contributed by atoms with E-state index in [4.69, 9.17) is 8.94 Å². The van der Waals surface area contributed by atoms with Crippen LogP contribution in [0.15, 0.2) is 51.6 Å². The van der Waals surface area contributed by atoms with Gasteiger partial charge in [-0.3, -0.25) is 9.59 Å². The molecule has 1 fully saturated rings. The summed E-state index contributed by atoms with van der Waals surface area (Å²) in [5.74, 6) is 1.56.